The van der Waals surface area contributed by atoms with E-state index in [9.17, 15) is 4.79 Å². The van der Waals surface area contributed by atoms with E-state index in [-0.39, 0.29) is 5.91 Å². The molecule has 0 aliphatic carbocycles. The van der Waals surface area contributed by atoms with Crippen molar-refractivity contribution >= 4 is 22.6 Å². The van der Waals surface area contributed by atoms with Gasteiger partial charge in [-0.15, -0.1) is 0 Å². The van der Waals surface area contributed by atoms with E-state index in [1.165, 1.54) is 10.9 Å². The Balaban J connectivity index is 1.47. The monoisotopic (exact) mass is 334 g/mol. The maximum absolute atomic E-state index is 12.7. The van der Waals surface area contributed by atoms with E-state index in [0.29, 0.717) is 17.2 Å². The third-order valence-corrected chi connectivity index (χ3v) is 5.23. The predicted octanol–water partition coefficient (Wildman–Crippen LogP) is 3.47. The number of benzene rings is 1. The van der Waals surface area contributed by atoms with E-state index in [0.717, 1.165) is 37.1 Å². The number of carbonyl (C=O) groups excluding carboxylic acids is 1. The van der Waals surface area contributed by atoms with Gasteiger partial charge in [0.2, 0.25) is 0 Å². The number of H-pyrrole nitrogens is 1. The number of piperidine rings is 1. The molecule has 0 spiro atoms. The maximum Gasteiger partial charge on any atom is 0.253 e. The van der Waals surface area contributed by atoms with Crippen LogP contribution in [0.1, 0.15) is 40.2 Å². The molecular formula is C20H22N4O. The predicted molar refractivity (Wildman–Crippen MR) is 99.6 cm³/mol. The van der Waals surface area contributed by atoms with Crippen molar-refractivity contribution in [3.8, 4) is 0 Å². The van der Waals surface area contributed by atoms with Crippen molar-refractivity contribution in [1.82, 2.24) is 14.9 Å². The van der Waals surface area contributed by atoms with Crippen LogP contribution in [-0.2, 0) is 0 Å². The lowest BCUT2D eigenvalue weighted by Gasteiger charge is -2.32. The highest BCUT2D eigenvalue weighted by atomic mass is 16.2. The quantitative estimate of drug-likeness (QED) is 0.705. The van der Waals surface area contributed by atoms with Crippen molar-refractivity contribution in [2.45, 2.75) is 25.7 Å². The van der Waals surface area contributed by atoms with Crippen LogP contribution in [0.4, 0.5) is 5.69 Å². The van der Waals surface area contributed by atoms with Gasteiger partial charge in [-0.25, -0.2) is 4.98 Å². The Morgan fingerprint density at radius 2 is 2.08 bits per heavy atom. The highest BCUT2D eigenvalue weighted by Gasteiger charge is 2.26. The van der Waals surface area contributed by atoms with E-state index in [4.69, 9.17) is 5.73 Å². The first-order valence-electron chi connectivity index (χ1n) is 8.71. The molecule has 3 heterocycles. The fraction of sp³-hybridized carbons (Fsp3) is 0.300. The van der Waals surface area contributed by atoms with Crippen molar-refractivity contribution in [1.29, 1.82) is 0 Å². The number of anilines is 1. The second-order valence-corrected chi connectivity index (χ2v) is 6.78. The number of rotatable bonds is 2. The summed E-state index contributed by atoms with van der Waals surface area (Å²) in [4.78, 5) is 22.3. The molecule has 1 fully saturated rings. The van der Waals surface area contributed by atoms with E-state index < -0.39 is 0 Å². The summed E-state index contributed by atoms with van der Waals surface area (Å²) >= 11 is 0. The van der Waals surface area contributed by atoms with Gasteiger partial charge in [0.05, 0.1) is 0 Å². The molecule has 1 saturated heterocycles. The molecule has 3 aromatic rings. The van der Waals surface area contributed by atoms with E-state index in [1.807, 2.05) is 30.0 Å². The third-order valence-electron chi connectivity index (χ3n) is 5.23. The molecule has 0 radical (unpaired) electrons. The van der Waals surface area contributed by atoms with Crippen molar-refractivity contribution < 1.29 is 4.79 Å². The fourth-order valence-corrected chi connectivity index (χ4v) is 3.66. The van der Waals surface area contributed by atoms with Crippen molar-refractivity contribution in [3.05, 3.63) is 59.4 Å². The molecule has 1 aliphatic rings. The highest BCUT2D eigenvalue weighted by Crippen LogP contribution is 2.33. The number of fused-ring (bicyclic) bond motifs is 1. The zero-order valence-corrected chi connectivity index (χ0v) is 14.3. The molecule has 0 saturated carbocycles. The number of carbonyl (C=O) groups is 1. The molecule has 128 valence electrons. The Labute approximate surface area is 146 Å². The number of aromatic nitrogens is 2. The van der Waals surface area contributed by atoms with Crippen LogP contribution in [0.15, 0.2) is 42.7 Å². The average molecular weight is 334 g/mol. The van der Waals surface area contributed by atoms with Crippen molar-refractivity contribution in [2.75, 3.05) is 18.8 Å². The first-order chi connectivity index (χ1) is 12.1. The number of nitrogens with one attached hydrogen (secondary N) is 1. The molecule has 3 N–H and O–H groups in total. The summed E-state index contributed by atoms with van der Waals surface area (Å²) in [5, 5.41) is 1.19. The SMILES string of the molecule is Cc1ccc(C(=O)N2CCC(c3c[nH]c4ncccc34)CC2)cc1N. The normalized spacial score (nSPS) is 15.6. The van der Waals surface area contributed by atoms with Crippen LogP contribution >= 0.6 is 0 Å². The standard InChI is InChI=1S/C20H22N4O/c1-13-4-5-15(11-18(13)21)20(25)24-9-6-14(7-10-24)17-12-23-19-16(17)3-2-8-22-19/h2-5,8,11-12,14H,6-7,9-10,21H2,1H3,(H,22,23). The number of aryl methyl sites for hydroxylation is 1. The summed E-state index contributed by atoms with van der Waals surface area (Å²) in [6.07, 6.45) is 5.81. The van der Waals surface area contributed by atoms with Crippen molar-refractivity contribution in [3.63, 3.8) is 0 Å². The number of nitrogens with zero attached hydrogens (tertiary/aromatic N) is 2. The summed E-state index contributed by atoms with van der Waals surface area (Å²) in [7, 11) is 0. The van der Waals surface area contributed by atoms with Crippen LogP contribution in [-0.4, -0.2) is 33.9 Å². The molecular weight excluding hydrogens is 312 g/mol. The number of hydrogen-bond acceptors (Lipinski definition) is 3. The van der Waals surface area contributed by atoms with Gasteiger partial charge in [0.15, 0.2) is 0 Å². The lowest BCUT2D eigenvalue weighted by Crippen LogP contribution is -2.37. The fourth-order valence-electron chi connectivity index (χ4n) is 3.66. The van der Waals surface area contributed by atoms with Crippen LogP contribution in [0.5, 0.6) is 0 Å². The number of nitrogen functional groups attached to an aromatic ring is 1. The molecule has 2 aromatic heterocycles. The Bertz CT molecular complexity index is 922. The average Bonchev–Trinajstić information content (AvgIpc) is 3.08. The number of nitrogens with two attached hydrogens (primary N) is 1. The third kappa shape index (κ3) is 2.86. The number of likely N-dealkylation sites (tertiary alicyclic amines) is 1. The van der Waals surface area contributed by atoms with Gasteiger partial charge in [0.25, 0.3) is 5.91 Å². The summed E-state index contributed by atoms with van der Waals surface area (Å²) in [6.45, 7) is 3.49. The van der Waals surface area contributed by atoms with Gasteiger partial charge in [-0.2, -0.15) is 0 Å². The van der Waals surface area contributed by atoms with Crippen LogP contribution in [0.3, 0.4) is 0 Å². The molecule has 1 aromatic carbocycles. The van der Waals surface area contributed by atoms with Gasteiger partial charge in [-0.3, -0.25) is 4.79 Å². The zero-order chi connectivity index (χ0) is 17.4. The summed E-state index contributed by atoms with van der Waals surface area (Å²) in [5.41, 5.74) is 10.6. The number of pyridine rings is 1. The minimum Gasteiger partial charge on any atom is -0.398 e. The molecule has 5 heteroatoms. The van der Waals surface area contributed by atoms with E-state index in [2.05, 4.69) is 22.2 Å². The molecule has 25 heavy (non-hydrogen) atoms. The molecule has 0 unspecified atom stereocenters. The molecule has 0 bridgehead atoms. The first kappa shape index (κ1) is 15.7. The Morgan fingerprint density at radius 1 is 1.28 bits per heavy atom. The van der Waals surface area contributed by atoms with Gasteiger partial charge < -0.3 is 15.6 Å². The van der Waals surface area contributed by atoms with Crippen LogP contribution in [0, 0.1) is 6.92 Å². The largest absolute Gasteiger partial charge is 0.398 e. The van der Waals surface area contributed by atoms with Gasteiger partial charge in [-0.05, 0) is 61.1 Å². The molecule has 5 nitrogen and oxygen atoms in total. The highest BCUT2D eigenvalue weighted by molar-refractivity contribution is 5.95. The molecule has 0 atom stereocenters. The van der Waals surface area contributed by atoms with E-state index >= 15 is 0 Å². The summed E-state index contributed by atoms with van der Waals surface area (Å²) in [6, 6.07) is 9.65. The lowest BCUT2D eigenvalue weighted by molar-refractivity contribution is 0.0713. The molecule has 1 aliphatic heterocycles. The van der Waals surface area contributed by atoms with Crippen LogP contribution < -0.4 is 5.73 Å². The maximum atomic E-state index is 12.7. The Morgan fingerprint density at radius 3 is 2.84 bits per heavy atom. The van der Waals surface area contributed by atoms with E-state index in [1.54, 1.807) is 12.3 Å². The smallest absolute Gasteiger partial charge is 0.253 e. The summed E-state index contributed by atoms with van der Waals surface area (Å²) < 4.78 is 0. The van der Waals surface area contributed by atoms with Gasteiger partial charge in [0, 0.05) is 42.1 Å². The second kappa shape index (κ2) is 6.24. The van der Waals surface area contributed by atoms with Crippen LogP contribution in [0.2, 0.25) is 0 Å². The number of amides is 1. The van der Waals surface area contributed by atoms with Crippen molar-refractivity contribution in [2.24, 2.45) is 0 Å². The topological polar surface area (TPSA) is 75.0 Å². The molecule has 4 rings (SSSR count). The Kier molecular flexibility index (Phi) is 3.92. The van der Waals surface area contributed by atoms with Gasteiger partial charge in [0.1, 0.15) is 5.65 Å². The first-order valence-corrected chi connectivity index (χ1v) is 8.71. The van der Waals surface area contributed by atoms with Gasteiger partial charge >= 0.3 is 0 Å². The Hall–Kier alpha value is -2.82. The second-order valence-electron chi connectivity index (χ2n) is 6.78. The minimum atomic E-state index is 0.0748. The molecule has 1 amide bonds. The zero-order valence-electron chi connectivity index (χ0n) is 14.3. The van der Waals surface area contributed by atoms with Gasteiger partial charge in [-0.1, -0.05) is 6.07 Å². The van der Waals surface area contributed by atoms with Crippen LogP contribution in [0.25, 0.3) is 11.0 Å². The minimum absolute atomic E-state index is 0.0748. The number of aromatic amines is 1. The summed E-state index contributed by atoms with van der Waals surface area (Å²) in [5.74, 6) is 0.538. The number of hydrogen-bond donors (Lipinski definition) is 2. The lowest BCUT2D eigenvalue weighted by atomic mass is 9.89.